The average molecular weight is 352 g/mol. The zero-order valence-electron chi connectivity index (χ0n) is 13.4. The topological polar surface area (TPSA) is 54.0 Å². The number of benzene rings is 1. The van der Waals surface area contributed by atoms with E-state index in [1.165, 1.54) is 5.56 Å². The minimum Gasteiger partial charge on any atom is -0.316 e. The smallest absolute Gasteiger partial charge is 0.230 e. The number of piperidine rings is 1. The molecule has 2 aromatic rings. The largest absolute Gasteiger partial charge is 0.316 e. The standard InChI is InChI=1S/C17H21N3OS.ClH/c1-11-5-7-13(8-6-11)15-12(2)22-17(19-15)20-16(21)14-4-3-9-18-10-14;/h5-8,14,18H,3-4,9-10H2,1-2H3,(H,19,20,21);1H. The van der Waals surface area contributed by atoms with Gasteiger partial charge < -0.3 is 10.6 Å². The fourth-order valence-electron chi connectivity index (χ4n) is 2.71. The summed E-state index contributed by atoms with van der Waals surface area (Å²) in [6.45, 7) is 5.89. The number of rotatable bonds is 3. The van der Waals surface area contributed by atoms with E-state index in [-0.39, 0.29) is 24.2 Å². The first-order chi connectivity index (χ1) is 10.6. The minimum absolute atomic E-state index is 0. The van der Waals surface area contributed by atoms with Crippen molar-refractivity contribution in [2.45, 2.75) is 26.7 Å². The Hall–Kier alpha value is -1.43. The molecule has 1 fully saturated rings. The number of hydrogen-bond acceptors (Lipinski definition) is 4. The normalized spacial score (nSPS) is 17.4. The molecule has 1 aliphatic rings. The van der Waals surface area contributed by atoms with E-state index in [1.54, 1.807) is 11.3 Å². The first-order valence-corrected chi connectivity index (χ1v) is 8.51. The lowest BCUT2D eigenvalue weighted by atomic mass is 9.99. The van der Waals surface area contributed by atoms with E-state index in [9.17, 15) is 4.79 Å². The van der Waals surface area contributed by atoms with Crippen LogP contribution in [-0.4, -0.2) is 24.0 Å². The molecule has 6 heteroatoms. The zero-order chi connectivity index (χ0) is 15.5. The van der Waals surface area contributed by atoms with Gasteiger partial charge in [0.05, 0.1) is 11.6 Å². The zero-order valence-corrected chi connectivity index (χ0v) is 15.0. The summed E-state index contributed by atoms with van der Waals surface area (Å²) in [6.07, 6.45) is 2.01. The molecule has 23 heavy (non-hydrogen) atoms. The fraction of sp³-hybridized carbons (Fsp3) is 0.412. The van der Waals surface area contributed by atoms with Crippen molar-refractivity contribution in [2.75, 3.05) is 18.4 Å². The average Bonchev–Trinajstić information content (AvgIpc) is 2.89. The summed E-state index contributed by atoms with van der Waals surface area (Å²) in [4.78, 5) is 18.0. The predicted molar refractivity (Wildman–Crippen MR) is 98.5 cm³/mol. The Balaban J connectivity index is 0.00000192. The summed E-state index contributed by atoms with van der Waals surface area (Å²) < 4.78 is 0. The number of carbonyl (C=O) groups excluding carboxylic acids is 1. The van der Waals surface area contributed by atoms with Gasteiger partial charge in [0, 0.05) is 17.0 Å². The molecule has 0 aliphatic carbocycles. The van der Waals surface area contributed by atoms with Crippen LogP contribution in [0.25, 0.3) is 11.3 Å². The predicted octanol–water partition coefficient (Wildman–Crippen LogP) is 3.79. The fourth-order valence-corrected chi connectivity index (χ4v) is 3.55. The van der Waals surface area contributed by atoms with Gasteiger partial charge in [0.15, 0.2) is 5.13 Å². The first-order valence-electron chi connectivity index (χ1n) is 7.69. The number of nitrogens with one attached hydrogen (secondary N) is 2. The Labute approximate surface area is 147 Å². The third-order valence-electron chi connectivity index (χ3n) is 4.02. The van der Waals surface area contributed by atoms with Crippen LogP contribution in [0.3, 0.4) is 0 Å². The highest BCUT2D eigenvalue weighted by molar-refractivity contribution is 7.16. The van der Waals surface area contributed by atoms with Crippen LogP contribution < -0.4 is 10.6 Å². The summed E-state index contributed by atoms with van der Waals surface area (Å²) in [5.74, 6) is 0.136. The van der Waals surface area contributed by atoms with E-state index in [1.807, 2.05) is 6.92 Å². The second-order valence-corrected chi connectivity index (χ2v) is 7.03. The molecule has 3 rings (SSSR count). The number of aromatic nitrogens is 1. The molecular weight excluding hydrogens is 330 g/mol. The number of hydrogen-bond donors (Lipinski definition) is 2. The second-order valence-electron chi connectivity index (χ2n) is 5.82. The van der Waals surface area contributed by atoms with E-state index in [2.05, 4.69) is 46.8 Å². The lowest BCUT2D eigenvalue weighted by molar-refractivity contribution is -0.120. The van der Waals surface area contributed by atoms with Crippen molar-refractivity contribution in [3.8, 4) is 11.3 Å². The van der Waals surface area contributed by atoms with E-state index in [0.29, 0.717) is 5.13 Å². The van der Waals surface area contributed by atoms with E-state index in [0.717, 1.165) is 42.1 Å². The van der Waals surface area contributed by atoms with Gasteiger partial charge in [0.25, 0.3) is 0 Å². The van der Waals surface area contributed by atoms with Crippen LogP contribution in [0, 0.1) is 19.8 Å². The van der Waals surface area contributed by atoms with Crippen LogP contribution in [0.4, 0.5) is 5.13 Å². The number of aryl methyl sites for hydroxylation is 2. The van der Waals surface area contributed by atoms with Gasteiger partial charge in [-0.05, 0) is 33.2 Å². The van der Waals surface area contributed by atoms with E-state index < -0.39 is 0 Å². The van der Waals surface area contributed by atoms with Crippen LogP contribution in [0.5, 0.6) is 0 Å². The van der Waals surface area contributed by atoms with Gasteiger partial charge in [-0.25, -0.2) is 4.98 Å². The number of carbonyl (C=O) groups is 1. The molecule has 0 spiro atoms. The van der Waals surface area contributed by atoms with Crippen molar-refractivity contribution in [1.82, 2.24) is 10.3 Å². The van der Waals surface area contributed by atoms with Gasteiger partial charge in [-0.2, -0.15) is 0 Å². The number of anilines is 1. The Morgan fingerprint density at radius 3 is 2.70 bits per heavy atom. The lowest BCUT2D eigenvalue weighted by Crippen LogP contribution is -2.37. The summed E-state index contributed by atoms with van der Waals surface area (Å²) in [5, 5.41) is 6.95. The second kappa shape index (κ2) is 7.90. The maximum Gasteiger partial charge on any atom is 0.230 e. The number of amides is 1. The van der Waals surface area contributed by atoms with Crippen molar-refractivity contribution in [1.29, 1.82) is 0 Å². The third kappa shape index (κ3) is 4.31. The molecule has 1 atom stereocenters. The third-order valence-corrected chi connectivity index (χ3v) is 4.91. The highest BCUT2D eigenvalue weighted by Gasteiger charge is 2.22. The number of nitrogens with zero attached hydrogens (tertiary/aromatic N) is 1. The molecule has 0 bridgehead atoms. The SMILES string of the molecule is Cc1ccc(-c2nc(NC(=O)C3CCCNC3)sc2C)cc1.Cl. The van der Waals surface area contributed by atoms with E-state index in [4.69, 9.17) is 0 Å². The van der Waals surface area contributed by atoms with Crippen LogP contribution in [0.2, 0.25) is 0 Å². The Bertz CT molecular complexity index is 663. The number of halogens is 1. The van der Waals surface area contributed by atoms with Gasteiger partial charge in [-0.3, -0.25) is 4.79 Å². The van der Waals surface area contributed by atoms with Crippen LogP contribution in [0.1, 0.15) is 23.3 Å². The maximum atomic E-state index is 12.3. The van der Waals surface area contributed by atoms with Gasteiger partial charge in [0.1, 0.15) is 0 Å². The van der Waals surface area contributed by atoms with Crippen LogP contribution in [0.15, 0.2) is 24.3 Å². The first kappa shape index (κ1) is 17.9. The van der Waals surface area contributed by atoms with Crippen LogP contribution >= 0.6 is 23.7 Å². The minimum atomic E-state index is 0. The van der Waals surface area contributed by atoms with Gasteiger partial charge in [-0.15, -0.1) is 23.7 Å². The molecule has 1 amide bonds. The van der Waals surface area contributed by atoms with Crippen molar-refractivity contribution in [3.63, 3.8) is 0 Å². The van der Waals surface area contributed by atoms with Crippen molar-refractivity contribution in [2.24, 2.45) is 5.92 Å². The monoisotopic (exact) mass is 351 g/mol. The summed E-state index contributed by atoms with van der Waals surface area (Å²) in [7, 11) is 0. The maximum absolute atomic E-state index is 12.3. The highest BCUT2D eigenvalue weighted by atomic mass is 35.5. The van der Waals surface area contributed by atoms with E-state index >= 15 is 0 Å². The molecule has 2 heterocycles. The molecule has 1 saturated heterocycles. The Kier molecular flexibility index (Phi) is 6.16. The molecule has 1 aromatic carbocycles. The van der Waals surface area contributed by atoms with Gasteiger partial charge in [0.2, 0.25) is 5.91 Å². The molecule has 1 aliphatic heterocycles. The number of thiazole rings is 1. The highest BCUT2D eigenvalue weighted by Crippen LogP contribution is 2.30. The molecule has 4 nitrogen and oxygen atoms in total. The van der Waals surface area contributed by atoms with Crippen molar-refractivity contribution < 1.29 is 4.79 Å². The van der Waals surface area contributed by atoms with Crippen molar-refractivity contribution >= 4 is 34.8 Å². The Morgan fingerprint density at radius 1 is 1.30 bits per heavy atom. The quantitative estimate of drug-likeness (QED) is 0.884. The molecule has 0 radical (unpaired) electrons. The molecule has 0 saturated carbocycles. The summed E-state index contributed by atoms with van der Waals surface area (Å²) in [6, 6.07) is 8.32. The molecule has 1 unspecified atom stereocenters. The van der Waals surface area contributed by atoms with Gasteiger partial charge in [-0.1, -0.05) is 29.8 Å². The molecule has 124 valence electrons. The molecule has 2 N–H and O–H groups in total. The van der Waals surface area contributed by atoms with Gasteiger partial charge >= 0.3 is 0 Å². The summed E-state index contributed by atoms with van der Waals surface area (Å²) in [5.41, 5.74) is 3.29. The van der Waals surface area contributed by atoms with Crippen LogP contribution in [-0.2, 0) is 4.79 Å². The summed E-state index contributed by atoms with van der Waals surface area (Å²) >= 11 is 1.54. The van der Waals surface area contributed by atoms with Crippen molar-refractivity contribution in [3.05, 3.63) is 34.7 Å². The molecule has 1 aromatic heterocycles. The lowest BCUT2D eigenvalue weighted by Gasteiger charge is -2.21. The Morgan fingerprint density at radius 2 is 2.04 bits per heavy atom. The molecular formula is C17H22ClN3OS.